The van der Waals surface area contributed by atoms with Crippen molar-refractivity contribution in [1.29, 1.82) is 0 Å². The van der Waals surface area contributed by atoms with E-state index in [1.165, 1.54) is 12.1 Å². The normalized spacial score (nSPS) is 16.9. The van der Waals surface area contributed by atoms with Crippen molar-refractivity contribution in [3.63, 3.8) is 0 Å². The van der Waals surface area contributed by atoms with Crippen LogP contribution in [-0.4, -0.2) is 49.6 Å². The van der Waals surface area contributed by atoms with Gasteiger partial charge in [-0.1, -0.05) is 24.3 Å². The van der Waals surface area contributed by atoms with Gasteiger partial charge in [-0.2, -0.15) is 0 Å². The topological polar surface area (TPSA) is 91.8 Å². The molecule has 1 amide bonds. The molecule has 1 N–H and O–H groups in total. The smallest absolute Gasteiger partial charge is 0.335 e. The van der Waals surface area contributed by atoms with Gasteiger partial charge in [-0.25, -0.2) is 13.2 Å². The first-order valence-electron chi connectivity index (χ1n) is 9.11. The molecule has 1 aliphatic heterocycles. The zero-order valence-electron chi connectivity index (χ0n) is 15.7. The predicted molar refractivity (Wildman–Crippen MR) is 105 cm³/mol. The van der Waals surface area contributed by atoms with E-state index in [-0.39, 0.29) is 22.8 Å². The van der Waals surface area contributed by atoms with Gasteiger partial charge < -0.3 is 10.0 Å². The number of amides is 1. The van der Waals surface area contributed by atoms with Crippen LogP contribution in [0, 0.1) is 5.92 Å². The average molecular weight is 401 g/mol. The Kier molecular flexibility index (Phi) is 5.84. The lowest BCUT2D eigenvalue weighted by atomic mass is 9.97. The van der Waals surface area contributed by atoms with E-state index in [0.717, 1.165) is 30.2 Å². The number of aromatic carboxylic acids is 1. The van der Waals surface area contributed by atoms with Crippen molar-refractivity contribution in [3.8, 4) is 0 Å². The minimum Gasteiger partial charge on any atom is -0.478 e. The van der Waals surface area contributed by atoms with Crippen LogP contribution in [0.15, 0.2) is 53.4 Å². The highest BCUT2D eigenvalue weighted by molar-refractivity contribution is 7.90. The lowest BCUT2D eigenvalue weighted by Crippen LogP contribution is -2.30. The third-order valence-electron chi connectivity index (χ3n) is 5.04. The lowest BCUT2D eigenvalue weighted by molar-refractivity contribution is -0.129. The van der Waals surface area contributed by atoms with Crippen molar-refractivity contribution < 1.29 is 23.1 Å². The number of carbonyl (C=O) groups excluding carboxylic acids is 1. The van der Waals surface area contributed by atoms with E-state index in [0.29, 0.717) is 19.0 Å². The summed E-state index contributed by atoms with van der Waals surface area (Å²) in [4.78, 5) is 25.7. The SMILES string of the molecule is CS(=O)(=O)c1ccc(CC(=O)N2CCC(Cc3cccc(C(=O)O)c3)C2)cc1. The fourth-order valence-corrected chi connectivity index (χ4v) is 4.16. The number of carboxylic acid groups (broad SMARTS) is 1. The monoisotopic (exact) mass is 401 g/mol. The molecule has 1 heterocycles. The zero-order chi connectivity index (χ0) is 20.3. The van der Waals surface area contributed by atoms with Crippen LogP contribution in [0.25, 0.3) is 0 Å². The second kappa shape index (κ2) is 8.14. The second-order valence-corrected chi connectivity index (χ2v) is 9.31. The summed E-state index contributed by atoms with van der Waals surface area (Å²) >= 11 is 0. The summed E-state index contributed by atoms with van der Waals surface area (Å²) in [5.41, 5.74) is 2.03. The fraction of sp³-hybridized carbons (Fsp3) is 0.333. The van der Waals surface area contributed by atoms with Gasteiger partial charge in [0.05, 0.1) is 16.9 Å². The van der Waals surface area contributed by atoms with Crippen molar-refractivity contribution >= 4 is 21.7 Å². The molecule has 1 atom stereocenters. The first kappa shape index (κ1) is 20.1. The summed E-state index contributed by atoms with van der Waals surface area (Å²) < 4.78 is 23.0. The zero-order valence-corrected chi connectivity index (χ0v) is 16.5. The highest BCUT2D eigenvalue weighted by Crippen LogP contribution is 2.22. The Labute approximate surface area is 164 Å². The molecule has 7 heteroatoms. The summed E-state index contributed by atoms with van der Waals surface area (Å²) in [6.45, 7) is 1.33. The molecule has 2 aromatic carbocycles. The van der Waals surface area contributed by atoms with Crippen molar-refractivity contribution in [1.82, 2.24) is 4.90 Å². The standard InChI is InChI=1S/C21H23NO5S/c1-28(26,27)19-7-5-15(6-8-19)13-20(23)22-10-9-17(14-22)11-16-3-2-4-18(12-16)21(24)25/h2-8,12,17H,9-11,13-14H2,1H3,(H,24,25). The molecule has 1 fully saturated rings. The Morgan fingerprint density at radius 1 is 1.11 bits per heavy atom. The van der Waals surface area contributed by atoms with E-state index in [2.05, 4.69) is 0 Å². The molecule has 0 bridgehead atoms. The van der Waals surface area contributed by atoms with Gasteiger partial charge in [0.2, 0.25) is 5.91 Å². The molecule has 0 saturated carbocycles. The van der Waals surface area contributed by atoms with Gasteiger partial charge >= 0.3 is 5.97 Å². The predicted octanol–water partition coefficient (Wildman–Crippen LogP) is 2.42. The van der Waals surface area contributed by atoms with Gasteiger partial charge in [-0.3, -0.25) is 4.79 Å². The van der Waals surface area contributed by atoms with Crippen LogP contribution >= 0.6 is 0 Å². The largest absolute Gasteiger partial charge is 0.478 e. The first-order chi connectivity index (χ1) is 13.2. The maximum Gasteiger partial charge on any atom is 0.335 e. The van der Waals surface area contributed by atoms with Crippen LogP contribution in [0.4, 0.5) is 0 Å². The summed E-state index contributed by atoms with van der Waals surface area (Å²) in [5.74, 6) is -0.610. The van der Waals surface area contributed by atoms with Gasteiger partial charge in [0.25, 0.3) is 0 Å². The Morgan fingerprint density at radius 2 is 1.82 bits per heavy atom. The highest BCUT2D eigenvalue weighted by atomic mass is 32.2. The number of hydrogen-bond donors (Lipinski definition) is 1. The number of rotatable bonds is 6. The third kappa shape index (κ3) is 4.98. The molecule has 1 unspecified atom stereocenters. The highest BCUT2D eigenvalue weighted by Gasteiger charge is 2.26. The van der Waals surface area contributed by atoms with E-state index in [9.17, 15) is 18.0 Å². The van der Waals surface area contributed by atoms with E-state index in [1.807, 2.05) is 11.0 Å². The number of carbonyl (C=O) groups is 2. The maximum atomic E-state index is 12.6. The Hall–Kier alpha value is -2.67. The molecule has 148 valence electrons. The summed E-state index contributed by atoms with van der Waals surface area (Å²) in [5, 5.41) is 9.10. The van der Waals surface area contributed by atoms with E-state index in [4.69, 9.17) is 5.11 Å². The number of nitrogens with zero attached hydrogens (tertiary/aromatic N) is 1. The molecule has 0 aliphatic carbocycles. The van der Waals surface area contributed by atoms with Crippen molar-refractivity contribution in [2.45, 2.75) is 24.2 Å². The van der Waals surface area contributed by atoms with Gasteiger partial charge in [-0.15, -0.1) is 0 Å². The second-order valence-electron chi connectivity index (χ2n) is 7.30. The van der Waals surface area contributed by atoms with Gasteiger partial charge in [0, 0.05) is 19.3 Å². The Balaban J connectivity index is 1.57. The quantitative estimate of drug-likeness (QED) is 0.803. The molecule has 3 rings (SSSR count). The van der Waals surface area contributed by atoms with Crippen LogP contribution in [0.3, 0.4) is 0 Å². The molecule has 1 saturated heterocycles. The molecule has 0 aromatic heterocycles. The average Bonchev–Trinajstić information content (AvgIpc) is 3.10. The van der Waals surface area contributed by atoms with Crippen LogP contribution in [0.5, 0.6) is 0 Å². The number of carboxylic acids is 1. The van der Waals surface area contributed by atoms with Crippen molar-refractivity contribution in [2.24, 2.45) is 5.92 Å². The lowest BCUT2D eigenvalue weighted by Gasteiger charge is -2.17. The molecular formula is C21H23NO5S. The third-order valence-corrected chi connectivity index (χ3v) is 6.17. The molecule has 6 nitrogen and oxygen atoms in total. The summed E-state index contributed by atoms with van der Waals surface area (Å²) in [6.07, 6.45) is 3.03. The fourth-order valence-electron chi connectivity index (χ4n) is 3.53. The molecule has 0 spiro atoms. The van der Waals surface area contributed by atoms with Crippen LogP contribution in [0.2, 0.25) is 0 Å². The number of sulfone groups is 1. The Morgan fingerprint density at radius 3 is 2.46 bits per heavy atom. The van der Waals surface area contributed by atoms with Crippen molar-refractivity contribution in [2.75, 3.05) is 19.3 Å². The van der Waals surface area contributed by atoms with E-state index in [1.54, 1.807) is 30.3 Å². The summed E-state index contributed by atoms with van der Waals surface area (Å²) in [7, 11) is -3.24. The van der Waals surface area contributed by atoms with Crippen molar-refractivity contribution in [3.05, 3.63) is 65.2 Å². The van der Waals surface area contributed by atoms with Gasteiger partial charge in [0.1, 0.15) is 0 Å². The minimum atomic E-state index is -3.24. The summed E-state index contributed by atoms with van der Waals surface area (Å²) in [6, 6.07) is 13.3. The molecule has 1 aliphatic rings. The molecule has 2 aromatic rings. The maximum absolute atomic E-state index is 12.6. The number of benzene rings is 2. The Bertz CT molecular complexity index is 982. The number of hydrogen-bond acceptors (Lipinski definition) is 4. The van der Waals surface area contributed by atoms with Crippen LogP contribution < -0.4 is 0 Å². The van der Waals surface area contributed by atoms with Gasteiger partial charge in [0.15, 0.2) is 9.84 Å². The van der Waals surface area contributed by atoms with Gasteiger partial charge in [-0.05, 0) is 54.2 Å². The minimum absolute atomic E-state index is 0.0221. The molecular weight excluding hydrogens is 378 g/mol. The first-order valence-corrected chi connectivity index (χ1v) is 11.0. The number of likely N-dealkylation sites (tertiary alicyclic amines) is 1. The van der Waals surface area contributed by atoms with Crippen LogP contribution in [0.1, 0.15) is 27.9 Å². The van der Waals surface area contributed by atoms with Crippen LogP contribution in [-0.2, 0) is 27.5 Å². The van der Waals surface area contributed by atoms with E-state index < -0.39 is 15.8 Å². The van der Waals surface area contributed by atoms with E-state index >= 15 is 0 Å². The molecule has 0 radical (unpaired) electrons. The molecule has 28 heavy (non-hydrogen) atoms.